The van der Waals surface area contributed by atoms with E-state index in [4.69, 9.17) is 11.6 Å². The molecule has 1 heterocycles. The number of para-hydroxylation sites is 1. The minimum Gasteiger partial charge on any atom is -0.478 e. The molecule has 0 aliphatic rings. The second-order valence-electron chi connectivity index (χ2n) is 6.42. The number of rotatable bonds is 5. The molecule has 0 amide bonds. The van der Waals surface area contributed by atoms with E-state index in [-0.39, 0.29) is 16.5 Å². The van der Waals surface area contributed by atoms with Gasteiger partial charge in [-0.2, -0.15) is 0 Å². The maximum absolute atomic E-state index is 12.0. The number of carboxylic acid groups (broad SMARTS) is 1. The van der Waals surface area contributed by atoms with Gasteiger partial charge in [0.05, 0.1) is 11.3 Å². The Hall–Kier alpha value is -3.23. The average Bonchev–Trinajstić information content (AvgIpc) is 3.23. The standard InChI is InChI=1S/C22H15ClN2O4S/c23-15-5-3-4-13(10-15)19-12-30-21(24-19)14-8-9-16(18(11-14)22(26)27)17-6-1-2-7-20(17)25(28)29/h1-12,28-29H,(H,26,27). The van der Waals surface area contributed by atoms with Crippen LogP contribution in [0.2, 0.25) is 5.02 Å². The monoisotopic (exact) mass is 438 g/mol. The largest absolute Gasteiger partial charge is 0.478 e. The third kappa shape index (κ3) is 3.92. The lowest BCUT2D eigenvalue weighted by Crippen LogP contribution is -2.12. The lowest BCUT2D eigenvalue weighted by Gasteiger charge is -2.15. The van der Waals surface area contributed by atoms with Crippen molar-refractivity contribution < 1.29 is 20.3 Å². The normalized spacial score (nSPS) is 10.8. The van der Waals surface area contributed by atoms with E-state index in [2.05, 4.69) is 4.98 Å². The van der Waals surface area contributed by atoms with Crippen LogP contribution in [0.25, 0.3) is 33.0 Å². The first-order valence-electron chi connectivity index (χ1n) is 8.80. The molecule has 3 aromatic carbocycles. The Kier molecular flexibility index (Phi) is 5.52. The highest BCUT2D eigenvalue weighted by atomic mass is 35.5. The molecular formula is C22H15ClN2O4S. The lowest BCUT2D eigenvalue weighted by molar-refractivity contribution is 0.0294. The van der Waals surface area contributed by atoms with Gasteiger partial charge in [0.15, 0.2) is 0 Å². The molecule has 0 unspecified atom stereocenters. The summed E-state index contributed by atoms with van der Waals surface area (Å²) < 4.78 is 0. The van der Waals surface area contributed by atoms with E-state index in [1.165, 1.54) is 23.5 Å². The fourth-order valence-corrected chi connectivity index (χ4v) is 4.17. The predicted molar refractivity (Wildman–Crippen MR) is 116 cm³/mol. The van der Waals surface area contributed by atoms with Gasteiger partial charge in [-0.3, -0.25) is 10.4 Å². The molecule has 0 saturated heterocycles. The summed E-state index contributed by atoms with van der Waals surface area (Å²) in [6.45, 7) is 0. The van der Waals surface area contributed by atoms with E-state index >= 15 is 0 Å². The number of carboxylic acids is 1. The Morgan fingerprint density at radius 2 is 1.73 bits per heavy atom. The summed E-state index contributed by atoms with van der Waals surface area (Å²) in [5, 5.41) is 31.9. The molecule has 0 atom stereocenters. The Bertz CT molecular complexity index is 1240. The zero-order valence-corrected chi connectivity index (χ0v) is 16.9. The van der Waals surface area contributed by atoms with Crippen LogP contribution >= 0.6 is 22.9 Å². The van der Waals surface area contributed by atoms with Crippen molar-refractivity contribution in [1.82, 2.24) is 4.98 Å². The van der Waals surface area contributed by atoms with Crippen LogP contribution in [0.15, 0.2) is 72.1 Å². The van der Waals surface area contributed by atoms with Crippen LogP contribution in [0, 0.1) is 0 Å². The summed E-state index contributed by atoms with van der Waals surface area (Å²) in [7, 11) is 0. The molecule has 3 N–H and O–H groups in total. The molecule has 4 aromatic rings. The summed E-state index contributed by atoms with van der Waals surface area (Å²) in [6.07, 6.45) is 0. The summed E-state index contributed by atoms with van der Waals surface area (Å²) in [6, 6.07) is 18.7. The van der Waals surface area contributed by atoms with E-state index < -0.39 is 5.97 Å². The van der Waals surface area contributed by atoms with Gasteiger partial charge in [0.1, 0.15) is 10.7 Å². The van der Waals surface area contributed by atoms with Crippen molar-refractivity contribution in [2.45, 2.75) is 0 Å². The first-order valence-corrected chi connectivity index (χ1v) is 10.1. The van der Waals surface area contributed by atoms with Gasteiger partial charge in [-0.05, 0) is 29.8 Å². The van der Waals surface area contributed by atoms with Crippen LogP contribution in [-0.4, -0.2) is 26.5 Å². The van der Waals surface area contributed by atoms with Gasteiger partial charge >= 0.3 is 5.97 Å². The molecule has 0 saturated carbocycles. The molecule has 8 heteroatoms. The molecule has 0 fully saturated rings. The SMILES string of the molecule is O=C(O)c1cc(-c2nc(-c3cccc(Cl)c3)cs2)ccc1-c1ccccc1N(O)O. The molecule has 4 rings (SSSR count). The molecule has 1 aromatic heterocycles. The fraction of sp³-hybridized carbons (Fsp3) is 0. The molecular weight excluding hydrogens is 424 g/mol. The van der Waals surface area contributed by atoms with Crippen LogP contribution in [-0.2, 0) is 0 Å². The summed E-state index contributed by atoms with van der Waals surface area (Å²) in [5.74, 6) is -1.13. The number of aromatic nitrogens is 1. The third-order valence-corrected chi connectivity index (χ3v) is 5.66. The number of hydrogen-bond donors (Lipinski definition) is 3. The van der Waals surface area contributed by atoms with E-state index in [0.29, 0.717) is 26.7 Å². The third-order valence-electron chi connectivity index (χ3n) is 4.53. The van der Waals surface area contributed by atoms with Crippen molar-refractivity contribution in [1.29, 1.82) is 0 Å². The predicted octanol–water partition coefficient (Wildman–Crippen LogP) is 6.08. The number of thiazole rings is 1. The molecule has 6 nitrogen and oxygen atoms in total. The van der Waals surface area contributed by atoms with E-state index in [1.54, 1.807) is 36.4 Å². The van der Waals surface area contributed by atoms with Crippen LogP contribution in [0.5, 0.6) is 0 Å². The first-order chi connectivity index (χ1) is 14.4. The number of halogens is 1. The Labute approximate surface area is 180 Å². The van der Waals surface area contributed by atoms with Crippen molar-refractivity contribution in [3.63, 3.8) is 0 Å². The molecule has 0 aliphatic heterocycles. The molecule has 0 bridgehead atoms. The summed E-state index contributed by atoms with van der Waals surface area (Å²) in [5.41, 5.74) is 3.12. The highest BCUT2D eigenvalue weighted by Crippen LogP contribution is 2.36. The topological polar surface area (TPSA) is 93.9 Å². The second-order valence-corrected chi connectivity index (χ2v) is 7.71. The number of aromatic carboxylic acids is 1. The Morgan fingerprint density at radius 3 is 2.47 bits per heavy atom. The Balaban J connectivity index is 1.78. The van der Waals surface area contributed by atoms with Crippen molar-refractivity contribution in [2.75, 3.05) is 5.23 Å². The maximum atomic E-state index is 12.0. The molecule has 150 valence electrons. The van der Waals surface area contributed by atoms with Gasteiger partial charge in [0, 0.05) is 27.1 Å². The summed E-state index contributed by atoms with van der Waals surface area (Å²) in [4.78, 5) is 16.6. The minimum atomic E-state index is -1.13. The zero-order chi connectivity index (χ0) is 21.3. The number of carbonyl (C=O) groups is 1. The highest BCUT2D eigenvalue weighted by molar-refractivity contribution is 7.13. The van der Waals surface area contributed by atoms with E-state index in [0.717, 1.165) is 11.3 Å². The van der Waals surface area contributed by atoms with Gasteiger partial charge in [-0.25, -0.2) is 9.78 Å². The van der Waals surface area contributed by atoms with E-state index in [1.807, 2.05) is 23.6 Å². The van der Waals surface area contributed by atoms with E-state index in [9.17, 15) is 20.3 Å². The Morgan fingerprint density at radius 1 is 0.933 bits per heavy atom. The quantitative estimate of drug-likeness (QED) is 0.327. The average molecular weight is 439 g/mol. The molecule has 0 radical (unpaired) electrons. The van der Waals surface area contributed by atoms with Gasteiger partial charge < -0.3 is 5.11 Å². The van der Waals surface area contributed by atoms with Crippen molar-refractivity contribution >= 4 is 34.6 Å². The number of nitrogens with zero attached hydrogens (tertiary/aromatic N) is 2. The number of hydrogen-bond acceptors (Lipinski definition) is 6. The van der Waals surface area contributed by atoms with Gasteiger partial charge in [0.25, 0.3) is 0 Å². The van der Waals surface area contributed by atoms with Crippen LogP contribution in [0.3, 0.4) is 0 Å². The fourth-order valence-electron chi connectivity index (χ4n) is 3.15. The van der Waals surface area contributed by atoms with Crippen LogP contribution in [0.1, 0.15) is 10.4 Å². The highest BCUT2D eigenvalue weighted by Gasteiger charge is 2.18. The smallest absolute Gasteiger partial charge is 0.336 e. The number of anilines is 1. The summed E-state index contributed by atoms with van der Waals surface area (Å²) >= 11 is 7.45. The van der Waals surface area contributed by atoms with Gasteiger partial charge in [-0.15, -0.1) is 16.6 Å². The lowest BCUT2D eigenvalue weighted by atomic mass is 9.96. The van der Waals surface area contributed by atoms with Crippen molar-refractivity contribution in [2.24, 2.45) is 0 Å². The van der Waals surface area contributed by atoms with Crippen LogP contribution in [0.4, 0.5) is 5.69 Å². The molecule has 30 heavy (non-hydrogen) atoms. The maximum Gasteiger partial charge on any atom is 0.336 e. The zero-order valence-electron chi connectivity index (χ0n) is 15.4. The minimum absolute atomic E-state index is 0.0209. The van der Waals surface area contributed by atoms with Gasteiger partial charge in [-0.1, -0.05) is 54.1 Å². The molecule has 0 aliphatic carbocycles. The van der Waals surface area contributed by atoms with Crippen LogP contribution < -0.4 is 5.23 Å². The number of benzene rings is 3. The van der Waals surface area contributed by atoms with Gasteiger partial charge in [0.2, 0.25) is 0 Å². The molecule has 0 spiro atoms. The van der Waals surface area contributed by atoms with Crippen molar-refractivity contribution in [3.8, 4) is 33.0 Å². The van der Waals surface area contributed by atoms with Crippen molar-refractivity contribution in [3.05, 3.63) is 82.7 Å². The second kappa shape index (κ2) is 8.25. The first kappa shape index (κ1) is 20.1.